The summed E-state index contributed by atoms with van der Waals surface area (Å²) in [7, 11) is 2.07. The fourth-order valence-electron chi connectivity index (χ4n) is 6.07. The fourth-order valence-corrected chi connectivity index (χ4v) is 6.07. The molecule has 2 saturated heterocycles. The Balaban J connectivity index is 1.46. The molecule has 0 bridgehead atoms. The normalized spacial score (nSPS) is 20.0. The first kappa shape index (κ1) is 25.5. The lowest BCUT2D eigenvalue weighted by Crippen LogP contribution is -2.63. The van der Waals surface area contributed by atoms with Gasteiger partial charge in [-0.1, -0.05) is 50.2 Å². The second-order valence-corrected chi connectivity index (χ2v) is 11.4. The van der Waals surface area contributed by atoms with Gasteiger partial charge in [-0.15, -0.1) is 0 Å². The number of nitrogens with zero attached hydrogens (tertiary/aromatic N) is 5. The third-order valence-corrected chi connectivity index (χ3v) is 8.26. The number of carbonyl (C=O) groups excluding carboxylic acids is 1. The molecule has 196 valence electrons. The van der Waals surface area contributed by atoms with Gasteiger partial charge in [-0.3, -0.25) is 9.78 Å². The van der Waals surface area contributed by atoms with Crippen LogP contribution in [0, 0.1) is 5.41 Å². The second kappa shape index (κ2) is 9.65. The molecule has 4 heterocycles. The van der Waals surface area contributed by atoms with Gasteiger partial charge in [0.1, 0.15) is 5.60 Å². The minimum atomic E-state index is -1.24. The van der Waals surface area contributed by atoms with Crippen LogP contribution in [0.25, 0.3) is 11.5 Å². The topological polar surface area (TPSA) is 95.6 Å². The monoisotopic (exact) mass is 503 g/mol. The third kappa shape index (κ3) is 4.57. The lowest BCUT2D eigenvalue weighted by molar-refractivity contribution is -0.129. The number of rotatable bonds is 6. The van der Waals surface area contributed by atoms with Gasteiger partial charge >= 0.3 is 0 Å². The number of benzene rings is 1. The summed E-state index contributed by atoms with van der Waals surface area (Å²) in [4.78, 5) is 24.9. The zero-order valence-corrected chi connectivity index (χ0v) is 22.4. The molecule has 0 spiro atoms. The molecular formula is C29H37N5O3. The second-order valence-electron chi connectivity index (χ2n) is 11.4. The van der Waals surface area contributed by atoms with E-state index in [4.69, 9.17) is 9.51 Å². The van der Waals surface area contributed by atoms with E-state index >= 15 is 0 Å². The molecular weight excluding hydrogens is 466 g/mol. The highest BCUT2D eigenvalue weighted by Crippen LogP contribution is 2.50. The molecule has 1 N–H and O–H groups in total. The van der Waals surface area contributed by atoms with Gasteiger partial charge in [0.05, 0.1) is 5.56 Å². The molecule has 2 aliphatic heterocycles. The summed E-state index contributed by atoms with van der Waals surface area (Å²) < 4.78 is 5.67. The van der Waals surface area contributed by atoms with E-state index in [0.717, 1.165) is 31.5 Å². The molecule has 0 aliphatic carbocycles. The molecule has 2 aromatic heterocycles. The molecule has 1 aromatic carbocycles. The number of likely N-dealkylation sites (tertiary alicyclic amines) is 2. The van der Waals surface area contributed by atoms with Gasteiger partial charge in [0.25, 0.3) is 5.89 Å². The van der Waals surface area contributed by atoms with E-state index in [1.807, 2.05) is 23.1 Å². The standard InChI is InChI=1S/C29H37N5O3/c1-19(2)21-6-8-24(9-7-21)29(36,28(4)17-33(5)18-28)25-14-23(15-30-16-25)27-31-26(32-37-27)22-10-12-34(13-11-22)20(3)35/h6-9,14-16,19,22,36H,10-13,17-18H2,1-5H3/t29-/m0/s1. The Kier molecular flexibility index (Phi) is 6.66. The summed E-state index contributed by atoms with van der Waals surface area (Å²) in [6.07, 6.45) is 5.08. The Morgan fingerprint density at radius 1 is 1.14 bits per heavy atom. The van der Waals surface area contributed by atoms with Crippen LogP contribution < -0.4 is 0 Å². The van der Waals surface area contributed by atoms with E-state index in [9.17, 15) is 9.90 Å². The molecule has 37 heavy (non-hydrogen) atoms. The lowest BCUT2D eigenvalue weighted by atomic mass is 9.62. The number of amides is 1. The maximum atomic E-state index is 12.5. The smallest absolute Gasteiger partial charge is 0.259 e. The fraction of sp³-hybridized carbons (Fsp3) is 0.517. The molecule has 0 radical (unpaired) electrons. The van der Waals surface area contributed by atoms with Crippen molar-refractivity contribution in [2.45, 2.75) is 58.0 Å². The zero-order valence-electron chi connectivity index (χ0n) is 22.4. The quantitative estimate of drug-likeness (QED) is 0.539. The van der Waals surface area contributed by atoms with Crippen molar-refractivity contribution in [3.63, 3.8) is 0 Å². The molecule has 5 rings (SSSR count). The molecule has 2 aliphatic rings. The van der Waals surface area contributed by atoms with Gasteiger partial charge in [-0.25, -0.2) is 0 Å². The predicted octanol–water partition coefficient (Wildman–Crippen LogP) is 4.17. The van der Waals surface area contributed by atoms with Crippen LogP contribution in [0.2, 0.25) is 0 Å². The van der Waals surface area contributed by atoms with Gasteiger partial charge < -0.3 is 19.4 Å². The highest BCUT2D eigenvalue weighted by atomic mass is 16.5. The van der Waals surface area contributed by atoms with E-state index in [2.05, 4.69) is 55.0 Å². The molecule has 1 amide bonds. The SMILES string of the molecule is CC(=O)N1CCC(c2noc(-c3cncc([C@@](O)(c4ccc(C(C)C)cc4)C4(C)CN(C)C4)c3)n2)CC1. The Labute approximate surface area is 218 Å². The number of piperidine rings is 1. The molecule has 0 unspecified atom stereocenters. The molecule has 3 aromatic rings. The highest BCUT2D eigenvalue weighted by Gasteiger charge is 2.55. The molecule has 0 saturated carbocycles. The molecule has 1 atom stereocenters. The summed E-state index contributed by atoms with van der Waals surface area (Å²) >= 11 is 0. The highest BCUT2D eigenvalue weighted by molar-refractivity contribution is 5.73. The van der Waals surface area contributed by atoms with Crippen molar-refractivity contribution in [2.24, 2.45) is 5.41 Å². The van der Waals surface area contributed by atoms with Crippen LogP contribution in [-0.2, 0) is 10.4 Å². The average Bonchev–Trinajstić information content (AvgIpc) is 3.38. The number of aliphatic hydroxyl groups is 1. The van der Waals surface area contributed by atoms with Crippen LogP contribution in [0.1, 0.15) is 74.9 Å². The molecule has 8 nitrogen and oxygen atoms in total. The predicted molar refractivity (Wildman–Crippen MR) is 141 cm³/mol. The van der Waals surface area contributed by atoms with Crippen molar-refractivity contribution in [2.75, 3.05) is 33.2 Å². The van der Waals surface area contributed by atoms with Crippen LogP contribution in [0.15, 0.2) is 47.2 Å². The van der Waals surface area contributed by atoms with Crippen LogP contribution >= 0.6 is 0 Å². The first-order chi connectivity index (χ1) is 17.6. The molecule has 2 fully saturated rings. The maximum Gasteiger partial charge on any atom is 0.259 e. The minimum Gasteiger partial charge on any atom is -0.380 e. The Bertz CT molecular complexity index is 1260. The summed E-state index contributed by atoms with van der Waals surface area (Å²) in [5, 5.41) is 16.7. The van der Waals surface area contributed by atoms with Crippen LogP contribution in [-0.4, -0.2) is 69.2 Å². The van der Waals surface area contributed by atoms with Gasteiger partial charge in [-0.2, -0.15) is 4.98 Å². The van der Waals surface area contributed by atoms with Gasteiger partial charge in [-0.05, 0) is 43.0 Å². The first-order valence-electron chi connectivity index (χ1n) is 13.2. The van der Waals surface area contributed by atoms with E-state index in [1.54, 1.807) is 19.3 Å². The third-order valence-electron chi connectivity index (χ3n) is 8.26. The Morgan fingerprint density at radius 2 is 1.81 bits per heavy atom. The van der Waals surface area contributed by atoms with E-state index < -0.39 is 5.60 Å². The number of carbonyl (C=O) groups is 1. The van der Waals surface area contributed by atoms with Crippen molar-refractivity contribution in [1.82, 2.24) is 24.9 Å². The van der Waals surface area contributed by atoms with E-state index in [-0.39, 0.29) is 17.2 Å². The summed E-state index contributed by atoms with van der Waals surface area (Å²) in [5.74, 6) is 1.74. The minimum absolute atomic E-state index is 0.104. The first-order valence-corrected chi connectivity index (χ1v) is 13.2. The van der Waals surface area contributed by atoms with Crippen molar-refractivity contribution in [3.05, 3.63) is 65.2 Å². The van der Waals surface area contributed by atoms with Gasteiger partial charge in [0.2, 0.25) is 5.91 Å². The zero-order chi connectivity index (χ0) is 26.4. The molecule has 8 heteroatoms. The van der Waals surface area contributed by atoms with Crippen molar-refractivity contribution >= 4 is 5.91 Å². The van der Waals surface area contributed by atoms with Gasteiger partial charge in [0, 0.05) is 62.4 Å². The lowest BCUT2D eigenvalue weighted by Gasteiger charge is -2.55. The van der Waals surface area contributed by atoms with Crippen molar-refractivity contribution < 1.29 is 14.4 Å². The van der Waals surface area contributed by atoms with Crippen LogP contribution in [0.5, 0.6) is 0 Å². The number of hydrogen-bond donors (Lipinski definition) is 1. The van der Waals surface area contributed by atoms with Crippen LogP contribution in [0.4, 0.5) is 0 Å². The van der Waals surface area contributed by atoms with Crippen LogP contribution in [0.3, 0.4) is 0 Å². The summed E-state index contributed by atoms with van der Waals surface area (Å²) in [5.41, 5.74) is 1.88. The van der Waals surface area contributed by atoms with Gasteiger partial charge in [0.15, 0.2) is 5.82 Å². The number of aromatic nitrogens is 3. The number of hydrogen-bond acceptors (Lipinski definition) is 7. The van der Waals surface area contributed by atoms with Crippen molar-refractivity contribution in [1.29, 1.82) is 0 Å². The Morgan fingerprint density at radius 3 is 2.41 bits per heavy atom. The Hall–Kier alpha value is -3.10. The number of pyridine rings is 1. The average molecular weight is 504 g/mol. The van der Waals surface area contributed by atoms with E-state index in [1.165, 1.54) is 5.56 Å². The van der Waals surface area contributed by atoms with E-state index in [0.29, 0.717) is 41.8 Å². The summed E-state index contributed by atoms with van der Waals surface area (Å²) in [6.45, 7) is 11.0. The van der Waals surface area contributed by atoms with Crippen molar-refractivity contribution in [3.8, 4) is 11.5 Å². The largest absolute Gasteiger partial charge is 0.380 e. The maximum absolute atomic E-state index is 12.5. The summed E-state index contributed by atoms with van der Waals surface area (Å²) in [6, 6.07) is 10.2.